The molecule has 1 aliphatic carbocycles. The molecule has 22 heavy (non-hydrogen) atoms. The van der Waals surface area contributed by atoms with E-state index in [-0.39, 0.29) is 11.9 Å². The van der Waals surface area contributed by atoms with E-state index < -0.39 is 12.0 Å². The molecule has 1 fully saturated rings. The Balaban J connectivity index is 1.90. The molecular weight excluding hydrogens is 286 g/mol. The van der Waals surface area contributed by atoms with Crippen molar-refractivity contribution in [2.75, 3.05) is 0 Å². The van der Waals surface area contributed by atoms with Crippen LogP contribution in [0.1, 0.15) is 30.1 Å². The minimum Gasteiger partial charge on any atom is -0.480 e. The van der Waals surface area contributed by atoms with Crippen molar-refractivity contribution < 1.29 is 14.7 Å². The topological polar surface area (TPSA) is 101 Å². The Kier molecular flexibility index (Phi) is 3.58. The van der Waals surface area contributed by atoms with E-state index in [1.165, 1.54) is 28.9 Å². The molecule has 114 valence electrons. The molecule has 1 amide bonds. The molecule has 1 unspecified atom stereocenters. The second kappa shape index (κ2) is 5.55. The maximum atomic E-state index is 12.7. The van der Waals surface area contributed by atoms with E-state index in [1.807, 2.05) is 0 Å². The summed E-state index contributed by atoms with van der Waals surface area (Å²) in [5.74, 6) is -1.34. The molecule has 0 spiro atoms. The smallest absolute Gasteiger partial charge is 0.326 e. The fourth-order valence-corrected chi connectivity index (χ4v) is 2.29. The molecule has 1 N–H and O–H groups in total. The van der Waals surface area contributed by atoms with E-state index in [9.17, 15) is 14.7 Å². The fraction of sp³-hybridized carbons (Fsp3) is 0.357. The van der Waals surface area contributed by atoms with Crippen LogP contribution >= 0.6 is 0 Å². The summed E-state index contributed by atoms with van der Waals surface area (Å²) in [7, 11) is 0. The number of carboxylic acid groups (broad SMARTS) is 1. The fourth-order valence-electron chi connectivity index (χ4n) is 2.29. The molecule has 1 atom stereocenters. The molecular formula is C14H15N5O3. The van der Waals surface area contributed by atoms with E-state index in [0.29, 0.717) is 11.3 Å². The average molecular weight is 301 g/mol. The molecule has 1 aliphatic rings. The quantitative estimate of drug-likeness (QED) is 0.874. The SMILES string of the molecule is CC(C(=O)O)N(C(=O)c1cncc(-n2ccnn2)c1)C1CC1. The Morgan fingerprint density at radius 1 is 1.41 bits per heavy atom. The van der Waals surface area contributed by atoms with Crippen LogP contribution in [0.3, 0.4) is 0 Å². The first-order chi connectivity index (χ1) is 10.6. The van der Waals surface area contributed by atoms with E-state index in [2.05, 4.69) is 15.3 Å². The van der Waals surface area contributed by atoms with Crippen molar-refractivity contribution in [2.45, 2.75) is 31.8 Å². The molecule has 1 saturated carbocycles. The third kappa shape index (κ3) is 2.67. The first kappa shape index (κ1) is 14.2. The van der Waals surface area contributed by atoms with Gasteiger partial charge in [0.2, 0.25) is 0 Å². The number of carbonyl (C=O) groups excluding carboxylic acids is 1. The number of nitrogens with zero attached hydrogens (tertiary/aromatic N) is 5. The number of carbonyl (C=O) groups is 2. The van der Waals surface area contributed by atoms with Gasteiger partial charge in [-0.1, -0.05) is 5.21 Å². The number of rotatable bonds is 5. The lowest BCUT2D eigenvalue weighted by atomic mass is 10.2. The van der Waals surface area contributed by atoms with Crippen LogP contribution in [0.15, 0.2) is 30.9 Å². The molecule has 2 heterocycles. The zero-order valence-electron chi connectivity index (χ0n) is 12.0. The Labute approximate surface area is 126 Å². The summed E-state index contributed by atoms with van der Waals surface area (Å²) in [5.41, 5.74) is 0.940. The van der Waals surface area contributed by atoms with Gasteiger partial charge in [-0.05, 0) is 25.8 Å². The van der Waals surface area contributed by atoms with Gasteiger partial charge in [-0.25, -0.2) is 9.48 Å². The normalized spacial score (nSPS) is 15.3. The van der Waals surface area contributed by atoms with Crippen LogP contribution in [0.2, 0.25) is 0 Å². The molecule has 0 aliphatic heterocycles. The van der Waals surface area contributed by atoms with E-state index in [1.54, 1.807) is 18.5 Å². The lowest BCUT2D eigenvalue weighted by molar-refractivity contribution is -0.141. The van der Waals surface area contributed by atoms with Gasteiger partial charge in [0.25, 0.3) is 5.91 Å². The largest absolute Gasteiger partial charge is 0.480 e. The summed E-state index contributed by atoms with van der Waals surface area (Å²) in [6.45, 7) is 1.52. The summed E-state index contributed by atoms with van der Waals surface area (Å²) in [5, 5.41) is 16.8. The summed E-state index contributed by atoms with van der Waals surface area (Å²) in [6.07, 6.45) is 7.83. The highest BCUT2D eigenvalue weighted by Gasteiger charge is 2.38. The number of hydrogen-bond acceptors (Lipinski definition) is 5. The second-order valence-corrected chi connectivity index (χ2v) is 5.24. The standard InChI is InChI=1S/C14H15N5O3/c1-9(14(21)22)19(11-2-3-11)13(20)10-6-12(8-15-7-10)18-5-4-16-17-18/h4-9,11H,2-3H2,1H3,(H,21,22). The van der Waals surface area contributed by atoms with Crippen LogP contribution in [-0.4, -0.2) is 53.9 Å². The number of carboxylic acids is 1. The maximum Gasteiger partial charge on any atom is 0.326 e. The molecule has 0 radical (unpaired) electrons. The van der Waals surface area contributed by atoms with Crippen molar-refractivity contribution >= 4 is 11.9 Å². The van der Waals surface area contributed by atoms with Crippen molar-refractivity contribution in [1.29, 1.82) is 0 Å². The van der Waals surface area contributed by atoms with Gasteiger partial charge in [-0.15, -0.1) is 5.10 Å². The summed E-state index contributed by atoms with van der Waals surface area (Å²) in [4.78, 5) is 29.4. The number of aromatic nitrogens is 4. The highest BCUT2D eigenvalue weighted by Crippen LogP contribution is 2.30. The predicted molar refractivity (Wildman–Crippen MR) is 75.4 cm³/mol. The van der Waals surface area contributed by atoms with Gasteiger partial charge < -0.3 is 10.0 Å². The molecule has 0 aromatic carbocycles. The van der Waals surface area contributed by atoms with Gasteiger partial charge in [0.1, 0.15) is 6.04 Å². The van der Waals surface area contributed by atoms with Crippen molar-refractivity contribution in [3.8, 4) is 5.69 Å². The van der Waals surface area contributed by atoms with Crippen LogP contribution in [0.4, 0.5) is 0 Å². The summed E-state index contributed by atoms with van der Waals surface area (Å²) >= 11 is 0. The molecule has 3 rings (SSSR count). The van der Waals surface area contributed by atoms with Crippen LogP contribution in [0.5, 0.6) is 0 Å². The van der Waals surface area contributed by atoms with Crippen molar-refractivity contribution in [3.63, 3.8) is 0 Å². The minimum atomic E-state index is -1.01. The maximum absolute atomic E-state index is 12.7. The Morgan fingerprint density at radius 2 is 2.18 bits per heavy atom. The van der Waals surface area contributed by atoms with Crippen LogP contribution in [0.25, 0.3) is 5.69 Å². The lowest BCUT2D eigenvalue weighted by Gasteiger charge is -2.26. The second-order valence-electron chi connectivity index (χ2n) is 5.24. The third-order valence-corrected chi connectivity index (χ3v) is 3.61. The molecule has 2 aromatic heterocycles. The molecule has 0 bridgehead atoms. The van der Waals surface area contributed by atoms with E-state index >= 15 is 0 Å². The number of hydrogen-bond donors (Lipinski definition) is 1. The van der Waals surface area contributed by atoms with Crippen LogP contribution in [0, 0.1) is 0 Å². The third-order valence-electron chi connectivity index (χ3n) is 3.61. The number of aliphatic carboxylic acids is 1. The highest BCUT2D eigenvalue weighted by atomic mass is 16.4. The monoisotopic (exact) mass is 301 g/mol. The van der Waals surface area contributed by atoms with Crippen LogP contribution in [-0.2, 0) is 4.79 Å². The van der Waals surface area contributed by atoms with Gasteiger partial charge in [0.15, 0.2) is 0 Å². The predicted octanol–water partition coefficient (Wildman–Crippen LogP) is 0.740. The van der Waals surface area contributed by atoms with Gasteiger partial charge in [0.05, 0.1) is 29.8 Å². The minimum absolute atomic E-state index is 0.00590. The Bertz CT molecular complexity index is 696. The van der Waals surface area contributed by atoms with Crippen molar-refractivity contribution in [3.05, 3.63) is 36.4 Å². The number of amides is 1. The Hall–Kier alpha value is -2.77. The van der Waals surface area contributed by atoms with Crippen LogP contribution < -0.4 is 0 Å². The lowest BCUT2D eigenvalue weighted by Crippen LogP contribution is -2.44. The zero-order chi connectivity index (χ0) is 15.7. The summed E-state index contributed by atoms with van der Waals surface area (Å²) in [6, 6.07) is 0.761. The van der Waals surface area contributed by atoms with Crippen molar-refractivity contribution in [2.24, 2.45) is 0 Å². The molecule has 0 saturated heterocycles. The average Bonchev–Trinajstić information content (AvgIpc) is 3.19. The van der Waals surface area contributed by atoms with Crippen molar-refractivity contribution in [1.82, 2.24) is 24.9 Å². The van der Waals surface area contributed by atoms with Gasteiger partial charge >= 0.3 is 5.97 Å². The number of pyridine rings is 1. The highest BCUT2D eigenvalue weighted by molar-refractivity contribution is 5.97. The zero-order valence-corrected chi connectivity index (χ0v) is 12.0. The molecule has 8 heteroatoms. The van der Waals surface area contributed by atoms with Gasteiger partial charge in [0, 0.05) is 12.2 Å². The molecule has 2 aromatic rings. The first-order valence-corrected chi connectivity index (χ1v) is 6.95. The van der Waals surface area contributed by atoms with Gasteiger partial charge in [-0.3, -0.25) is 9.78 Å². The van der Waals surface area contributed by atoms with Gasteiger partial charge in [-0.2, -0.15) is 0 Å². The summed E-state index contributed by atoms with van der Waals surface area (Å²) < 4.78 is 1.49. The van der Waals surface area contributed by atoms with E-state index in [0.717, 1.165) is 12.8 Å². The Morgan fingerprint density at radius 3 is 2.77 bits per heavy atom. The first-order valence-electron chi connectivity index (χ1n) is 6.95. The van der Waals surface area contributed by atoms with E-state index in [4.69, 9.17) is 0 Å². The molecule has 8 nitrogen and oxygen atoms in total.